The van der Waals surface area contributed by atoms with Crippen LogP contribution in [0.1, 0.15) is 59.8 Å². The van der Waals surface area contributed by atoms with Gasteiger partial charge in [-0.15, -0.1) is 0 Å². The van der Waals surface area contributed by atoms with Crippen LogP contribution in [-0.2, 0) is 14.3 Å². The number of allylic oxidation sites excluding steroid dienone is 2. The topological polar surface area (TPSA) is 67.2 Å². The zero-order valence-corrected chi connectivity index (χ0v) is 15.7. The van der Waals surface area contributed by atoms with E-state index in [2.05, 4.69) is 19.9 Å². The zero-order chi connectivity index (χ0) is 18.4. The van der Waals surface area contributed by atoms with Crippen LogP contribution in [0.5, 0.6) is 0 Å². The Morgan fingerprint density at radius 1 is 1.44 bits per heavy atom. The van der Waals surface area contributed by atoms with Crippen molar-refractivity contribution in [3.8, 4) is 6.07 Å². The fourth-order valence-electron chi connectivity index (χ4n) is 5.87. The maximum atomic E-state index is 11.8. The lowest BCUT2D eigenvalue weighted by Crippen LogP contribution is -2.53. The van der Waals surface area contributed by atoms with Crippen LogP contribution in [0.3, 0.4) is 0 Å². The first kappa shape index (κ1) is 18.2. The first-order valence-electron chi connectivity index (χ1n) is 9.58. The summed E-state index contributed by atoms with van der Waals surface area (Å²) in [6, 6.07) is 2.54. The molecular weight excluding hydrogens is 314 g/mol. The van der Waals surface area contributed by atoms with Crippen LogP contribution in [0.25, 0.3) is 0 Å². The summed E-state index contributed by atoms with van der Waals surface area (Å²) in [5.74, 6) is 1.51. The molecule has 0 aromatic heterocycles. The number of fused-ring (bicyclic) bond motifs is 3. The van der Waals surface area contributed by atoms with Crippen LogP contribution in [0.15, 0.2) is 11.6 Å². The molecule has 7 atom stereocenters. The molecule has 0 spiro atoms. The molecule has 0 N–H and O–H groups in total. The van der Waals surface area contributed by atoms with Crippen molar-refractivity contribution in [1.29, 1.82) is 5.26 Å². The van der Waals surface area contributed by atoms with Crippen molar-refractivity contribution in [2.24, 2.45) is 35.0 Å². The standard InChI is InChI=1S/C21H29NO3/c1-12-20-16(11-22)9-15-10-17(24)5-6-18(15)19(20)7-8-21(12,4)13(2)25-14(3)23/h10,12-13,16,18-20H,5-9H2,1-4H3/t12?,13-,16-,18?,19?,20?,21?/m0/s1. The Morgan fingerprint density at radius 3 is 2.80 bits per heavy atom. The maximum absolute atomic E-state index is 11.8. The summed E-state index contributed by atoms with van der Waals surface area (Å²) in [4.78, 5) is 23.3. The number of nitrogens with zero attached hydrogens (tertiary/aromatic N) is 1. The van der Waals surface area contributed by atoms with Crippen molar-refractivity contribution in [2.75, 3.05) is 0 Å². The van der Waals surface area contributed by atoms with E-state index in [0.29, 0.717) is 30.1 Å². The number of carbonyl (C=O) groups is 2. The highest BCUT2D eigenvalue weighted by atomic mass is 16.5. The van der Waals surface area contributed by atoms with Crippen LogP contribution in [0.2, 0.25) is 0 Å². The summed E-state index contributed by atoms with van der Waals surface area (Å²) in [5, 5.41) is 9.81. The molecule has 0 saturated heterocycles. The molecule has 0 radical (unpaired) electrons. The summed E-state index contributed by atoms with van der Waals surface area (Å²) in [7, 11) is 0. The molecular formula is C21H29NO3. The van der Waals surface area contributed by atoms with Crippen molar-refractivity contribution >= 4 is 11.8 Å². The lowest BCUT2D eigenvalue weighted by atomic mass is 9.48. The van der Waals surface area contributed by atoms with Gasteiger partial charge in [-0.2, -0.15) is 5.26 Å². The molecule has 136 valence electrons. The molecule has 2 fully saturated rings. The van der Waals surface area contributed by atoms with Gasteiger partial charge in [0.1, 0.15) is 6.10 Å². The Kier molecular flexibility index (Phi) is 4.79. The van der Waals surface area contributed by atoms with Crippen LogP contribution in [0.4, 0.5) is 0 Å². The molecule has 4 nitrogen and oxygen atoms in total. The Bertz CT molecular complexity index is 646. The Labute approximate surface area is 150 Å². The van der Waals surface area contributed by atoms with Gasteiger partial charge in [0, 0.05) is 18.8 Å². The highest BCUT2D eigenvalue weighted by Gasteiger charge is 2.54. The van der Waals surface area contributed by atoms with Crippen molar-refractivity contribution in [3.63, 3.8) is 0 Å². The van der Waals surface area contributed by atoms with Gasteiger partial charge in [-0.1, -0.05) is 19.4 Å². The number of nitriles is 1. The zero-order valence-electron chi connectivity index (χ0n) is 15.7. The number of hydrogen-bond acceptors (Lipinski definition) is 4. The Hall–Kier alpha value is -1.63. The molecule has 5 unspecified atom stereocenters. The van der Waals surface area contributed by atoms with Gasteiger partial charge in [0.05, 0.1) is 12.0 Å². The normalized spacial score (nSPS) is 41.6. The number of ketones is 1. The third-order valence-corrected chi connectivity index (χ3v) is 7.53. The van der Waals surface area contributed by atoms with Crippen LogP contribution in [-0.4, -0.2) is 17.9 Å². The largest absolute Gasteiger partial charge is 0.462 e. The van der Waals surface area contributed by atoms with Crippen molar-refractivity contribution < 1.29 is 14.3 Å². The minimum atomic E-state index is -0.237. The van der Waals surface area contributed by atoms with E-state index in [1.165, 1.54) is 12.5 Å². The van der Waals surface area contributed by atoms with Gasteiger partial charge >= 0.3 is 5.97 Å². The smallest absolute Gasteiger partial charge is 0.302 e. The highest BCUT2D eigenvalue weighted by molar-refractivity contribution is 5.91. The van der Waals surface area contributed by atoms with E-state index in [4.69, 9.17) is 4.74 Å². The summed E-state index contributed by atoms with van der Waals surface area (Å²) in [5.41, 5.74) is 1.11. The van der Waals surface area contributed by atoms with Crippen molar-refractivity contribution in [2.45, 2.75) is 65.9 Å². The SMILES string of the molecule is CC(=O)O[C@@H](C)C1(C)CCC2C3CCC(=O)C=C3C[C@@H](C#N)C2C1C. The second-order valence-corrected chi connectivity index (χ2v) is 8.60. The lowest BCUT2D eigenvalue weighted by Gasteiger charge is -2.56. The number of hydrogen-bond donors (Lipinski definition) is 0. The molecule has 0 aromatic carbocycles. The van der Waals surface area contributed by atoms with E-state index in [1.54, 1.807) is 0 Å². The molecule has 0 bridgehead atoms. The van der Waals surface area contributed by atoms with Gasteiger partial charge in [0.15, 0.2) is 5.78 Å². The van der Waals surface area contributed by atoms with Gasteiger partial charge in [0.2, 0.25) is 0 Å². The Morgan fingerprint density at radius 2 is 2.16 bits per heavy atom. The van der Waals surface area contributed by atoms with Gasteiger partial charge in [-0.25, -0.2) is 0 Å². The summed E-state index contributed by atoms with van der Waals surface area (Å²) in [6.45, 7) is 7.91. The van der Waals surface area contributed by atoms with E-state index >= 15 is 0 Å². The number of esters is 1. The quantitative estimate of drug-likeness (QED) is 0.709. The fourth-order valence-corrected chi connectivity index (χ4v) is 5.87. The van der Waals surface area contributed by atoms with E-state index in [9.17, 15) is 14.9 Å². The number of ether oxygens (including phenoxy) is 1. The van der Waals surface area contributed by atoms with Crippen molar-refractivity contribution in [3.05, 3.63) is 11.6 Å². The average Bonchev–Trinajstić information content (AvgIpc) is 2.56. The molecule has 0 aliphatic heterocycles. The van der Waals surface area contributed by atoms with E-state index < -0.39 is 0 Å². The van der Waals surface area contributed by atoms with Gasteiger partial charge in [0.25, 0.3) is 0 Å². The molecule has 0 heterocycles. The summed E-state index contributed by atoms with van der Waals surface area (Å²) in [6.07, 6.45) is 6.04. The Balaban J connectivity index is 1.91. The average molecular weight is 343 g/mol. The first-order valence-corrected chi connectivity index (χ1v) is 9.58. The second kappa shape index (κ2) is 6.59. The van der Waals surface area contributed by atoms with E-state index in [1.807, 2.05) is 13.0 Å². The summed E-state index contributed by atoms with van der Waals surface area (Å²) < 4.78 is 5.55. The van der Waals surface area contributed by atoms with E-state index in [-0.39, 0.29) is 29.2 Å². The number of rotatable bonds is 2. The molecule has 2 saturated carbocycles. The van der Waals surface area contributed by atoms with Gasteiger partial charge < -0.3 is 4.74 Å². The molecule has 3 aliphatic rings. The monoisotopic (exact) mass is 343 g/mol. The lowest BCUT2D eigenvalue weighted by molar-refractivity contribution is -0.161. The molecule has 0 aromatic rings. The highest BCUT2D eigenvalue weighted by Crippen LogP contribution is 2.59. The fraction of sp³-hybridized carbons (Fsp3) is 0.762. The third kappa shape index (κ3) is 3.03. The molecule has 4 heteroatoms. The first-order chi connectivity index (χ1) is 11.8. The molecule has 0 amide bonds. The molecule has 3 rings (SSSR count). The predicted octanol–water partition coefficient (Wildman–Crippen LogP) is 4.06. The summed E-state index contributed by atoms with van der Waals surface area (Å²) >= 11 is 0. The minimum absolute atomic E-state index is 0.0439. The van der Waals surface area contributed by atoms with Gasteiger partial charge in [-0.3, -0.25) is 9.59 Å². The maximum Gasteiger partial charge on any atom is 0.302 e. The predicted molar refractivity (Wildman–Crippen MR) is 94.2 cm³/mol. The van der Waals surface area contributed by atoms with Crippen LogP contribution < -0.4 is 0 Å². The van der Waals surface area contributed by atoms with Crippen LogP contribution in [0, 0.1) is 46.3 Å². The van der Waals surface area contributed by atoms with Crippen molar-refractivity contribution in [1.82, 2.24) is 0 Å². The van der Waals surface area contributed by atoms with Crippen LogP contribution >= 0.6 is 0 Å². The third-order valence-electron chi connectivity index (χ3n) is 7.53. The number of carbonyl (C=O) groups excluding carboxylic acids is 2. The van der Waals surface area contributed by atoms with E-state index in [0.717, 1.165) is 25.7 Å². The molecule has 25 heavy (non-hydrogen) atoms. The molecule has 3 aliphatic carbocycles. The second-order valence-electron chi connectivity index (χ2n) is 8.60. The van der Waals surface area contributed by atoms with Gasteiger partial charge in [-0.05, 0) is 62.4 Å². The minimum Gasteiger partial charge on any atom is -0.462 e.